The molecule has 0 bridgehead atoms. The van der Waals surface area contributed by atoms with Crippen LogP contribution in [-0.4, -0.2) is 40.5 Å². The Morgan fingerprint density at radius 1 is 1.14 bits per heavy atom. The van der Waals surface area contributed by atoms with Crippen molar-refractivity contribution in [2.45, 2.75) is 6.92 Å². The third kappa shape index (κ3) is 2.83. The summed E-state index contributed by atoms with van der Waals surface area (Å²) >= 11 is 0. The van der Waals surface area contributed by atoms with Gasteiger partial charge in [0.25, 0.3) is 0 Å². The zero-order valence-corrected chi connectivity index (χ0v) is 10.2. The Balaban J connectivity index is 5.26. The first-order valence-corrected chi connectivity index (χ1v) is 7.12. The quantitative estimate of drug-likeness (QED) is 0.554. The van der Waals surface area contributed by atoms with Crippen molar-refractivity contribution in [3.63, 3.8) is 0 Å². The van der Waals surface area contributed by atoms with Gasteiger partial charge in [0.1, 0.15) is 0 Å². The molecule has 0 radical (unpaired) electrons. The van der Waals surface area contributed by atoms with E-state index in [1.807, 2.05) is 0 Å². The molecule has 0 aliphatic carbocycles. The van der Waals surface area contributed by atoms with E-state index in [0.29, 0.717) is 0 Å². The number of rotatable bonds is 6. The van der Waals surface area contributed by atoms with Crippen LogP contribution >= 0.6 is 7.51 Å². The van der Waals surface area contributed by atoms with Gasteiger partial charge >= 0.3 is 82.8 Å². The molecule has 0 rings (SSSR count). The number of hydrogen-bond donors (Lipinski definition) is 1. The Hall–Kier alpha value is 0.180. The minimum absolute atomic E-state index is 0.0227. The second-order valence-electron chi connectivity index (χ2n) is 2.33. The van der Waals surface area contributed by atoms with Crippen LogP contribution in [0.4, 0.5) is 0 Å². The van der Waals surface area contributed by atoms with Crippen molar-refractivity contribution in [2.24, 2.45) is 0 Å². The molecule has 0 fully saturated rings. The molecule has 0 aliphatic rings. The van der Waals surface area contributed by atoms with Crippen LogP contribution in [0.5, 0.6) is 0 Å². The van der Waals surface area contributed by atoms with Gasteiger partial charge < -0.3 is 0 Å². The van der Waals surface area contributed by atoms with E-state index in [1.54, 1.807) is 6.92 Å². The van der Waals surface area contributed by atoms with Crippen molar-refractivity contribution in [3.05, 3.63) is 0 Å². The van der Waals surface area contributed by atoms with E-state index in [-0.39, 0.29) is 6.16 Å². The summed E-state index contributed by atoms with van der Waals surface area (Å²) in [5.74, 6) is 0. The molecule has 7 nitrogen and oxygen atoms in total. The summed E-state index contributed by atoms with van der Waals surface area (Å²) in [4.78, 5) is 0. The van der Waals surface area contributed by atoms with Gasteiger partial charge in [-0.2, -0.15) is 0 Å². The van der Waals surface area contributed by atoms with Crippen LogP contribution in [0.15, 0.2) is 0 Å². The van der Waals surface area contributed by atoms with Crippen LogP contribution in [0.25, 0.3) is 0 Å². The van der Waals surface area contributed by atoms with Crippen molar-refractivity contribution in [1.29, 1.82) is 0 Å². The second-order valence-corrected chi connectivity index (χ2v) is 7.44. The normalized spacial score (nSPS) is 16.2. The SMILES string of the molecule is CCP(OC)(OC)(OC)OS(=O)(=O)O. The van der Waals surface area contributed by atoms with E-state index in [2.05, 4.69) is 3.97 Å². The standard InChI is InChI=1S/C5H15O7PS/c1-5-13(9-2,10-3,11-4)12-14(6,7)8/h5H2,1-4H3,(H,6,7,8). The van der Waals surface area contributed by atoms with E-state index in [1.165, 1.54) is 21.3 Å². The van der Waals surface area contributed by atoms with Crippen molar-refractivity contribution >= 4 is 17.9 Å². The van der Waals surface area contributed by atoms with Crippen LogP contribution in [-0.2, 0) is 27.9 Å². The molecule has 9 heteroatoms. The van der Waals surface area contributed by atoms with Gasteiger partial charge in [-0.3, -0.25) is 0 Å². The molecule has 1 N–H and O–H groups in total. The van der Waals surface area contributed by atoms with Crippen LogP contribution in [0, 0.1) is 0 Å². The van der Waals surface area contributed by atoms with Crippen LogP contribution in [0.1, 0.15) is 6.92 Å². The molecule has 0 unspecified atom stereocenters. The molecule has 0 aliphatic heterocycles. The Morgan fingerprint density at radius 2 is 1.50 bits per heavy atom. The molecule has 14 heavy (non-hydrogen) atoms. The van der Waals surface area contributed by atoms with E-state index < -0.39 is 17.9 Å². The van der Waals surface area contributed by atoms with Gasteiger partial charge in [0, 0.05) is 0 Å². The topological polar surface area (TPSA) is 91.3 Å². The average Bonchev–Trinajstić information content (AvgIpc) is 2.14. The third-order valence-electron chi connectivity index (χ3n) is 1.81. The second kappa shape index (κ2) is 4.36. The van der Waals surface area contributed by atoms with Crippen molar-refractivity contribution in [2.75, 3.05) is 27.5 Å². The molecule has 0 saturated heterocycles. The molecular formula is C5H15O7PS. The molecule has 0 heterocycles. The van der Waals surface area contributed by atoms with Crippen LogP contribution in [0.2, 0.25) is 0 Å². The summed E-state index contributed by atoms with van der Waals surface area (Å²) in [6.45, 7) is 1.56. The summed E-state index contributed by atoms with van der Waals surface area (Å²) in [5.41, 5.74) is 0. The third-order valence-corrected chi connectivity index (χ3v) is 6.87. The summed E-state index contributed by atoms with van der Waals surface area (Å²) < 4.78 is 48.8. The van der Waals surface area contributed by atoms with Crippen molar-refractivity contribution in [3.8, 4) is 0 Å². The average molecular weight is 250 g/mol. The summed E-state index contributed by atoms with van der Waals surface area (Å²) in [5, 5.41) is 0. The van der Waals surface area contributed by atoms with E-state index in [0.717, 1.165) is 0 Å². The van der Waals surface area contributed by atoms with Gasteiger partial charge in [0.05, 0.1) is 0 Å². The van der Waals surface area contributed by atoms with E-state index >= 15 is 0 Å². The van der Waals surface area contributed by atoms with Crippen LogP contribution in [0.3, 0.4) is 0 Å². The van der Waals surface area contributed by atoms with E-state index in [9.17, 15) is 8.42 Å². The fourth-order valence-electron chi connectivity index (χ4n) is 0.937. The molecule has 0 aromatic carbocycles. The predicted octanol–water partition coefficient (Wildman–Crippen LogP) is 0.978. The molecule has 88 valence electrons. The summed E-state index contributed by atoms with van der Waals surface area (Å²) in [7, 11) is -5.35. The minimum atomic E-state index is -4.71. The van der Waals surface area contributed by atoms with E-state index in [4.69, 9.17) is 18.1 Å². The maximum absolute atomic E-state index is 10.6. The summed E-state index contributed by atoms with van der Waals surface area (Å²) in [6, 6.07) is 0. The Bertz CT molecular complexity index is 259. The first kappa shape index (κ1) is 14.2. The zero-order chi connectivity index (χ0) is 11.5. The van der Waals surface area contributed by atoms with Crippen molar-refractivity contribution < 1.29 is 30.5 Å². The van der Waals surface area contributed by atoms with Crippen molar-refractivity contribution in [1.82, 2.24) is 0 Å². The maximum atomic E-state index is 10.6. The fourth-order valence-corrected chi connectivity index (χ4v) is 4.77. The number of hydrogen-bond acceptors (Lipinski definition) is 6. The monoisotopic (exact) mass is 250 g/mol. The first-order chi connectivity index (χ1) is 6.26. The molecule has 0 spiro atoms. The van der Waals surface area contributed by atoms with Gasteiger partial charge in [-0.25, -0.2) is 0 Å². The predicted molar refractivity (Wildman–Crippen MR) is 51.1 cm³/mol. The molecule has 0 aromatic heterocycles. The molecule has 0 atom stereocenters. The van der Waals surface area contributed by atoms with Gasteiger partial charge in [-0.05, 0) is 0 Å². The Labute approximate surface area is 83.5 Å². The van der Waals surface area contributed by atoms with Gasteiger partial charge in [-0.15, -0.1) is 0 Å². The fraction of sp³-hybridized carbons (Fsp3) is 1.00. The van der Waals surface area contributed by atoms with Gasteiger partial charge in [0.2, 0.25) is 0 Å². The summed E-state index contributed by atoms with van der Waals surface area (Å²) in [6.07, 6.45) is 0.0227. The zero-order valence-electron chi connectivity index (χ0n) is 8.46. The first-order valence-electron chi connectivity index (χ1n) is 3.66. The van der Waals surface area contributed by atoms with Gasteiger partial charge in [0.15, 0.2) is 0 Å². The van der Waals surface area contributed by atoms with Gasteiger partial charge in [-0.1, -0.05) is 0 Å². The molecule has 0 amide bonds. The molecule has 0 saturated carbocycles. The Kier molecular flexibility index (Phi) is 4.41. The molecular weight excluding hydrogens is 235 g/mol. The Morgan fingerprint density at radius 3 is 1.57 bits per heavy atom. The molecule has 0 aromatic rings. The van der Waals surface area contributed by atoms with Crippen LogP contribution < -0.4 is 0 Å².